The summed E-state index contributed by atoms with van der Waals surface area (Å²) in [7, 11) is 0. The summed E-state index contributed by atoms with van der Waals surface area (Å²) in [5.41, 5.74) is 3.03. The number of benzene rings is 1. The van der Waals surface area contributed by atoms with E-state index in [1.165, 1.54) is 48.8 Å². The molecule has 0 radical (unpaired) electrons. The van der Waals surface area contributed by atoms with Crippen molar-refractivity contribution >= 4 is 15.9 Å². The molecule has 3 rings (SSSR count). The van der Waals surface area contributed by atoms with E-state index >= 15 is 0 Å². The van der Waals surface area contributed by atoms with Crippen LogP contribution in [0.4, 0.5) is 0 Å². The maximum atomic E-state index is 3.67. The Balaban J connectivity index is 1.71. The Hall–Kier alpha value is -0.340. The quantitative estimate of drug-likeness (QED) is 0.791. The Bertz CT molecular complexity index is 425. The van der Waals surface area contributed by atoms with Gasteiger partial charge in [-0.05, 0) is 67.3 Å². The molecule has 1 saturated heterocycles. The third-order valence-electron chi connectivity index (χ3n) is 4.18. The van der Waals surface area contributed by atoms with E-state index in [1.54, 1.807) is 5.56 Å². The van der Waals surface area contributed by atoms with Gasteiger partial charge >= 0.3 is 0 Å². The van der Waals surface area contributed by atoms with Gasteiger partial charge < -0.3 is 0 Å². The summed E-state index contributed by atoms with van der Waals surface area (Å²) in [6, 6.07) is 7.03. The smallest absolute Gasteiger partial charge is 0.0234 e. The zero-order valence-electron chi connectivity index (χ0n) is 11.2. The molecule has 2 fully saturated rings. The van der Waals surface area contributed by atoms with Gasteiger partial charge in [-0.3, -0.25) is 4.90 Å². The van der Waals surface area contributed by atoms with E-state index in [0.717, 1.165) is 18.4 Å². The maximum Gasteiger partial charge on any atom is 0.0234 e. The highest BCUT2D eigenvalue weighted by Gasteiger charge is 2.24. The summed E-state index contributed by atoms with van der Waals surface area (Å²) >= 11 is 3.67. The van der Waals surface area contributed by atoms with Crippen LogP contribution in [-0.2, 0) is 6.54 Å². The Morgan fingerprint density at radius 2 is 2.06 bits per heavy atom. The largest absolute Gasteiger partial charge is 0.299 e. The number of hydrogen-bond acceptors (Lipinski definition) is 1. The van der Waals surface area contributed by atoms with Crippen molar-refractivity contribution < 1.29 is 0 Å². The first-order chi connectivity index (χ1) is 8.70. The maximum absolute atomic E-state index is 3.67. The highest BCUT2D eigenvalue weighted by atomic mass is 79.9. The molecule has 2 aliphatic rings. The molecule has 0 aromatic heterocycles. The molecule has 1 aromatic carbocycles. The highest BCUT2D eigenvalue weighted by molar-refractivity contribution is 9.10. The lowest BCUT2D eigenvalue weighted by Crippen LogP contribution is -2.33. The van der Waals surface area contributed by atoms with Crippen molar-refractivity contribution in [2.45, 2.75) is 45.1 Å². The predicted octanol–water partition coefficient (Wildman–Crippen LogP) is 4.56. The Labute approximate surface area is 119 Å². The lowest BCUT2D eigenvalue weighted by Gasteiger charge is -2.31. The third-order valence-corrected chi connectivity index (χ3v) is 4.63. The van der Waals surface area contributed by atoms with Crippen molar-refractivity contribution in [1.29, 1.82) is 0 Å². The Kier molecular flexibility index (Phi) is 3.76. The fraction of sp³-hybridized carbons (Fsp3) is 0.625. The van der Waals surface area contributed by atoms with Crippen molar-refractivity contribution in [3.8, 4) is 0 Å². The van der Waals surface area contributed by atoms with E-state index in [9.17, 15) is 0 Å². The van der Waals surface area contributed by atoms with Gasteiger partial charge in [-0.15, -0.1) is 0 Å². The SMILES string of the molecule is C[C@H]1CCCN(Cc2cc(Br)cc(C3CC3)c2)C1. The van der Waals surface area contributed by atoms with E-state index in [1.807, 2.05) is 0 Å². The second-order valence-electron chi connectivity index (χ2n) is 6.15. The van der Waals surface area contributed by atoms with E-state index < -0.39 is 0 Å². The van der Waals surface area contributed by atoms with Gasteiger partial charge in [0, 0.05) is 17.6 Å². The van der Waals surface area contributed by atoms with E-state index in [0.29, 0.717) is 0 Å². The van der Waals surface area contributed by atoms with Crippen LogP contribution in [0.3, 0.4) is 0 Å². The topological polar surface area (TPSA) is 3.24 Å². The number of piperidine rings is 1. The fourth-order valence-electron chi connectivity index (χ4n) is 3.11. The van der Waals surface area contributed by atoms with Gasteiger partial charge in [0.05, 0.1) is 0 Å². The molecular weight excluding hydrogens is 286 g/mol. The van der Waals surface area contributed by atoms with Crippen LogP contribution in [0.25, 0.3) is 0 Å². The van der Waals surface area contributed by atoms with Gasteiger partial charge in [0.2, 0.25) is 0 Å². The molecule has 1 atom stereocenters. The molecule has 98 valence electrons. The summed E-state index contributed by atoms with van der Waals surface area (Å²) in [5, 5.41) is 0. The average molecular weight is 308 g/mol. The minimum atomic E-state index is 0.849. The fourth-order valence-corrected chi connectivity index (χ4v) is 3.67. The molecule has 1 saturated carbocycles. The van der Waals surface area contributed by atoms with E-state index in [2.05, 4.69) is 46.0 Å². The summed E-state index contributed by atoms with van der Waals surface area (Å²) in [6.45, 7) is 6.05. The normalized spacial score (nSPS) is 25.3. The molecule has 1 aliphatic heterocycles. The number of likely N-dealkylation sites (tertiary alicyclic amines) is 1. The Morgan fingerprint density at radius 1 is 1.22 bits per heavy atom. The summed E-state index contributed by atoms with van der Waals surface area (Å²) in [4.78, 5) is 2.62. The van der Waals surface area contributed by atoms with E-state index in [4.69, 9.17) is 0 Å². The van der Waals surface area contributed by atoms with Gasteiger partial charge in [0.15, 0.2) is 0 Å². The zero-order chi connectivity index (χ0) is 12.5. The monoisotopic (exact) mass is 307 g/mol. The number of hydrogen-bond donors (Lipinski definition) is 0. The van der Waals surface area contributed by atoms with E-state index in [-0.39, 0.29) is 0 Å². The van der Waals surface area contributed by atoms with Crippen LogP contribution in [0.15, 0.2) is 22.7 Å². The summed E-state index contributed by atoms with van der Waals surface area (Å²) < 4.78 is 1.26. The summed E-state index contributed by atoms with van der Waals surface area (Å²) in [6.07, 6.45) is 5.54. The molecular formula is C16H22BrN. The molecule has 1 nitrogen and oxygen atoms in total. The van der Waals surface area contributed by atoms with Gasteiger partial charge in [-0.2, -0.15) is 0 Å². The van der Waals surface area contributed by atoms with Crippen LogP contribution in [0.1, 0.15) is 49.7 Å². The second-order valence-corrected chi connectivity index (χ2v) is 7.07. The first-order valence-electron chi connectivity index (χ1n) is 7.22. The van der Waals surface area contributed by atoms with Crippen molar-refractivity contribution in [2.75, 3.05) is 13.1 Å². The van der Waals surface area contributed by atoms with Crippen molar-refractivity contribution in [3.63, 3.8) is 0 Å². The Morgan fingerprint density at radius 3 is 2.78 bits per heavy atom. The number of nitrogens with zero attached hydrogens (tertiary/aromatic N) is 1. The van der Waals surface area contributed by atoms with Crippen LogP contribution in [0, 0.1) is 5.92 Å². The van der Waals surface area contributed by atoms with Crippen LogP contribution in [0.5, 0.6) is 0 Å². The standard InChI is InChI=1S/C16H22BrN/c1-12-3-2-6-18(10-12)11-13-7-15(14-4-5-14)9-16(17)8-13/h7-9,12,14H,2-6,10-11H2,1H3/t12-/m0/s1. The van der Waals surface area contributed by atoms with Gasteiger partial charge in [0.1, 0.15) is 0 Å². The molecule has 0 bridgehead atoms. The molecule has 0 N–H and O–H groups in total. The van der Waals surface area contributed by atoms with Crippen LogP contribution >= 0.6 is 15.9 Å². The highest BCUT2D eigenvalue weighted by Crippen LogP contribution is 2.41. The average Bonchev–Trinajstić information content (AvgIpc) is 3.11. The van der Waals surface area contributed by atoms with Crippen molar-refractivity contribution in [1.82, 2.24) is 4.90 Å². The molecule has 1 aliphatic carbocycles. The first-order valence-corrected chi connectivity index (χ1v) is 8.02. The number of halogens is 1. The van der Waals surface area contributed by atoms with Crippen molar-refractivity contribution in [2.24, 2.45) is 5.92 Å². The van der Waals surface area contributed by atoms with Gasteiger partial charge in [0.25, 0.3) is 0 Å². The first kappa shape index (κ1) is 12.7. The third kappa shape index (κ3) is 3.16. The van der Waals surface area contributed by atoms with Gasteiger partial charge in [-0.25, -0.2) is 0 Å². The van der Waals surface area contributed by atoms with Gasteiger partial charge in [-0.1, -0.05) is 28.9 Å². The lowest BCUT2D eigenvalue weighted by atomic mass is 9.99. The molecule has 0 amide bonds. The van der Waals surface area contributed by atoms with Crippen LogP contribution in [-0.4, -0.2) is 18.0 Å². The second kappa shape index (κ2) is 5.34. The zero-order valence-corrected chi connectivity index (χ0v) is 12.7. The molecule has 0 unspecified atom stereocenters. The molecule has 2 heteroatoms. The minimum Gasteiger partial charge on any atom is -0.299 e. The molecule has 1 heterocycles. The predicted molar refractivity (Wildman–Crippen MR) is 79.8 cm³/mol. The molecule has 1 aromatic rings. The van der Waals surface area contributed by atoms with Crippen LogP contribution < -0.4 is 0 Å². The summed E-state index contributed by atoms with van der Waals surface area (Å²) in [5.74, 6) is 1.72. The lowest BCUT2D eigenvalue weighted by molar-refractivity contribution is 0.176. The molecule has 18 heavy (non-hydrogen) atoms. The van der Waals surface area contributed by atoms with Crippen molar-refractivity contribution in [3.05, 3.63) is 33.8 Å². The minimum absolute atomic E-state index is 0.849. The van der Waals surface area contributed by atoms with Crippen LogP contribution in [0.2, 0.25) is 0 Å². The molecule has 0 spiro atoms. The number of rotatable bonds is 3.